The van der Waals surface area contributed by atoms with Gasteiger partial charge in [0, 0.05) is 16.5 Å². The van der Waals surface area contributed by atoms with E-state index in [0.717, 1.165) is 15.8 Å². The Bertz CT molecular complexity index is 1010. The Balaban J connectivity index is 1.60. The standard InChI is InChI=1S/C19H16ClN3O3S/c1-26-15-9-12(8-14(20)19(15)25)10-22-23-17(24)11-27-16-6-2-4-13-5-3-7-21-18(13)16/h2-10,25H,11H2,1H3,(H,23,24)/b22-10+. The zero-order valence-electron chi connectivity index (χ0n) is 14.3. The maximum absolute atomic E-state index is 12.0. The van der Waals surface area contributed by atoms with Gasteiger partial charge in [-0.25, -0.2) is 5.43 Å². The number of methoxy groups -OCH3 is 1. The second-order valence-electron chi connectivity index (χ2n) is 5.47. The first-order valence-electron chi connectivity index (χ1n) is 7.93. The summed E-state index contributed by atoms with van der Waals surface area (Å²) in [6.45, 7) is 0. The van der Waals surface area contributed by atoms with Crippen molar-refractivity contribution in [2.24, 2.45) is 5.10 Å². The van der Waals surface area contributed by atoms with Crippen LogP contribution in [0.3, 0.4) is 0 Å². The van der Waals surface area contributed by atoms with Gasteiger partial charge < -0.3 is 9.84 Å². The second kappa shape index (κ2) is 8.75. The smallest absolute Gasteiger partial charge is 0.250 e. The Morgan fingerprint density at radius 2 is 2.19 bits per heavy atom. The molecule has 3 aromatic rings. The molecule has 0 aliphatic rings. The summed E-state index contributed by atoms with van der Waals surface area (Å²) >= 11 is 7.31. The van der Waals surface area contributed by atoms with Crippen LogP contribution in [0.25, 0.3) is 10.9 Å². The highest BCUT2D eigenvalue weighted by Crippen LogP contribution is 2.34. The number of thioether (sulfide) groups is 1. The number of hydrogen-bond acceptors (Lipinski definition) is 6. The predicted molar refractivity (Wildman–Crippen MR) is 108 cm³/mol. The number of phenolic OH excluding ortho intramolecular Hbond substituents is 1. The van der Waals surface area contributed by atoms with Crippen LogP contribution < -0.4 is 10.2 Å². The predicted octanol–water partition coefficient (Wildman–Crippen LogP) is 3.84. The van der Waals surface area contributed by atoms with Crippen LogP contribution in [0.4, 0.5) is 0 Å². The Hall–Kier alpha value is -2.77. The minimum absolute atomic E-state index is 0.138. The number of phenols is 1. The number of ether oxygens (including phenoxy) is 1. The highest BCUT2D eigenvalue weighted by Gasteiger charge is 2.08. The number of fused-ring (bicyclic) bond motifs is 1. The molecule has 3 rings (SSSR count). The molecule has 1 amide bonds. The van der Waals surface area contributed by atoms with Gasteiger partial charge >= 0.3 is 0 Å². The lowest BCUT2D eigenvalue weighted by Gasteiger charge is -2.06. The Kier molecular flexibility index (Phi) is 6.16. The largest absolute Gasteiger partial charge is 0.503 e. The first kappa shape index (κ1) is 19.0. The molecule has 0 atom stereocenters. The third-order valence-corrected chi connectivity index (χ3v) is 4.96. The van der Waals surface area contributed by atoms with Crippen molar-refractivity contribution in [2.75, 3.05) is 12.9 Å². The topological polar surface area (TPSA) is 83.8 Å². The van der Waals surface area contributed by atoms with Gasteiger partial charge in [0.25, 0.3) is 0 Å². The average molecular weight is 402 g/mol. The molecule has 0 saturated heterocycles. The molecule has 0 aliphatic carbocycles. The first-order chi connectivity index (χ1) is 13.1. The molecule has 2 aromatic carbocycles. The summed E-state index contributed by atoms with van der Waals surface area (Å²) in [4.78, 5) is 17.3. The Morgan fingerprint density at radius 1 is 1.37 bits per heavy atom. The molecule has 1 heterocycles. The number of para-hydroxylation sites is 1. The van der Waals surface area contributed by atoms with E-state index in [4.69, 9.17) is 16.3 Å². The van der Waals surface area contributed by atoms with Crippen molar-refractivity contribution in [3.05, 3.63) is 59.2 Å². The molecule has 0 spiro atoms. The number of nitrogens with zero attached hydrogens (tertiary/aromatic N) is 2. The summed E-state index contributed by atoms with van der Waals surface area (Å²) < 4.78 is 5.02. The zero-order chi connectivity index (χ0) is 19.2. The molecular formula is C19H16ClN3O3S. The van der Waals surface area contributed by atoms with Crippen LogP contribution in [-0.2, 0) is 4.79 Å². The molecule has 0 bridgehead atoms. The molecule has 138 valence electrons. The highest BCUT2D eigenvalue weighted by molar-refractivity contribution is 8.00. The van der Waals surface area contributed by atoms with E-state index in [1.807, 2.05) is 30.3 Å². The van der Waals surface area contributed by atoms with Gasteiger partial charge in [-0.3, -0.25) is 9.78 Å². The van der Waals surface area contributed by atoms with Gasteiger partial charge in [0.15, 0.2) is 11.5 Å². The van der Waals surface area contributed by atoms with Gasteiger partial charge in [0.1, 0.15) is 0 Å². The third-order valence-electron chi connectivity index (χ3n) is 3.63. The molecule has 6 nitrogen and oxygen atoms in total. The number of pyridine rings is 1. The van der Waals surface area contributed by atoms with Gasteiger partial charge in [0.2, 0.25) is 5.91 Å². The molecule has 0 aliphatic heterocycles. The van der Waals surface area contributed by atoms with Crippen molar-refractivity contribution in [3.8, 4) is 11.5 Å². The van der Waals surface area contributed by atoms with Gasteiger partial charge in [-0.2, -0.15) is 5.10 Å². The summed E-state index contributed by atoms with van der Waals surface area (Å²) in [6.07, 6.45) is 3.16. The van der Waals surface area contributed by atoms with E-state index in [1.165, 1.54) is 31.2 Å². The van der Waals surface area contributed by atoms with E-state index in [1.54, 1.807) is 12.3 Å². The van der Waals surface area contributed by atoms with Crippen LogP contribution >= 0.6 is 23.4 Å². The van der Waals surface area contributed by atoms with Crippen LogP contribution in [0.5, 0.6) is 11.5 Å². The van der Waals surface area contributed by atoms with Crippen molar-refractivity contribution in [1.82, 2.24) is 10.4 Å². The van der Waals surface area contributed by atoms with Crippen molar-refractivity contribution in [3.63, 3.8) is 0 Å². The molecule has 0 fully saturated rings. The average Bonchev–Trinajstić information content (AvgIpc) is 2.68. The van der Waals surface area contributed by atoms with Gasteiger partial charge in [-0.1, -0.05) is 29.8 Å². The fraction of sp³-hybridized carbons (Fsp3) is 0.105. The number of benzene rings is 2. The van der Waals surface area contributed by atoms with E-state index >= 15 is 0 Å². The lowest BCUT2D eigenvalue weighted by molar-refractivity contribution is -0.118. The van der Waals surface area contributed by atoms with Crippen LogP contribution in [0.2, 0.25) is 5.02 Å². The number of amides is 1. The van der Waals surface area contributed by atoms with Crippen molar-refractivity contribution < 1.29 is 14.6 Å². The van der Waals surface area contributed by atoms with E-state index in [-0.39, 0.29) is 28.2 Å². The molecule has 2 N–H and O–H groups in total. The van der Waals surface area contributed by atoms with Gasteiger partial charge in [-0.15, -0.1) is 11.8 Å². The number of halogens is 1. The van der Waals surface area contributed by atoms with Crippen molar-refractivity contribution in [1.29, 1.82) is 0 Å². The SMILES string of the molecule is COc1cc(/C=N/NC(=O)CSc2cccc3cccnc23)cc(Cl)c1O. The second-order valence-corrected chi connectivity index (χ2v) is 6.89. The summed E-state index contributed by atoms with van der Waals surface area (Å²) in [7, 11) is 1.42. The zero-order valence-corrected chi connectivity index (χ0v) is 15.9. The highest BCUT2D eigenvalue weighted by atomic mass is 35.5. The van der Waals surface area contributed by atoms with Crippen LogP contribution in [0.15, 0.2) is 58.7 Å². The summed E-state index contributed by atoms with van der Waals surface area (Å²) in [5.41, 5.74) is 3.92. The van der Waals surface area contributed by atoms with E-state index in [0.29, 0.717) is 5.56 Å². The number of aromatic nitrogens is 1. The molecule has 0 saturated carbocycles. The maximum Gasteiger partial charge on any atom is 0.250 e. The number of rotatable bonds is 6. The molecular weight excluding hydrogens is 386 g/mol. The van der Waals surface area contributed by atoms with Crippen LogP contribution in [-0.4, -0.2) is 35.1 Å². The number of aromatic hydroxyl groups is 1. The summed E-state index contributed by atoms with van der Waals surface area (Å²) in [5.74, 6) is 0.0444. The molecule has 8 heteroatoms. The monoisotopic (exact) mass is 401 g/mol. The number of carbonyl (C=O) groups excluding carboxylic acids is 1. The Labute approximate surface area is 165 Å². The van der Waals surface area contributed by atoms with Crippen molar-refractivity contribution >= 4 is 46.4 Å². The molecule has 1 aromatic heterocycles. The first-order valence-corrected chi connectivity index (χ1v) is 9.30. The fourth-order valence-corrected chi connectivity index (χ4v) is 3.42. The van der Waals surface area contributed by atoms with Crippen LogP contribution in [0, 0.1) is 0 Å². The summed E-state index contributed by atoms with van der Waals surface area (Å²) in [5, 5.41) is 14.8. The normalized spacial score (nSPS) is 11.0. The lowest BCUT2D eigenvalue weighted by atomic mass is 10.2. The van der Waals surface area contributed by atoms with E-state index in [9.17, 15) is 9.90 Å². The van der Waals surface area contributed by atoms with Gasteiger partial charge in [-0.05, 0) is 29.8 Å². The van der Waals surface area contributed by atoms with Crippen LogP contribution in [0.1, 0.15) is 5.56 Å². The minimum Gasteiger partial charge on any atom is -0.503 e. The number of hydrazone groups is 1. The maximum atomic E-state index is 12.0. The lowest BCUT2D eigenvalue weighted by Crippen LogP contribution is -2.19. The molecule has 0 radical (unpaired) electrons. The molecule has 27 heavy (non-hydrogen) atoms. The van der Waals surface area contributed by atoms with E-state index < -0.39 is 0 Å². The number of hydrogen-bond donors (Lipinski definition) is 2. The quantitative estimate of drug-likeness (QED) is 0.372. The third kappa shape index (κ3) is 4.69. The minimum atomic E-state index is -0.249. The fourth-order valence-electron chi connectivity index (χ4n) is 2.37. The Morgan fingerprint density at radius 3 is 3.00 bits per heavy atom. The van der Waals surface area contributed by atoms with Crippen molar-refractivity contribution in [2.45, 2.75) is 4.90 Å². The summed E-state index contributed by atoms with van der Waals surface area (Å²) in [6, 6.07) is 12.8. The van der Waals surface area contributed by atoms with E-state index in [2.05, 4.69) is 15.5 Å². The number of nitrogens with one attached hydrogen (secondary N) is 1. The molecule has 0 unspecified atom stereocenters. The number of carbonyl (C=O) groups is 1. The van der Waals surface area contributed by atoms with Gasteiger partial charge in [0.05, 0.1) is 29.6 Å².